The first kappa shape index (κ1) is 65.9. The van der Waals surface area contributed by atoms with Crippen molar-refractivity contribution in [1.82, 2.24) is 37.2 Å². The Morgan fingerprint density at radius 2 is 1.23 bits per heavy atom. The number of aliphatic hydroxyl groups excluding tert-OH is 2. The zero-order valence-electron chi connectivity index (χ0n) is 46.2. The van der Waals surface area contributed by atoms with Gasteiger partial charge in [0.2, 0.25) is 47.1 Å². The molecule has 0 radical (unpaired) electrons. The molecular weight excluding hydrogens is 1220 g/mol. The number of nitrogens with two attached hydrogens (primary N) is 1. The molecule has 0 fully saturated rings. The highest BCUT2D eigenvalue weighted by Gasteiger charge is 2.42. The van der Waals surface area contributed by atoms with Crippen LogP contribution in [0.1, 0.15) is 84.8 Å². The molecule has 11 bridgehead atoms. The first-order valence-corrected chi connectivity index (χ1v) is 26.8. The second-order valence-corrected chi connectivity index (χ2v) is 21.2. The molecule has 32 heteroatoms. The number of carboxylic acid groups (broad SMARTS) is 2. The van der Waals surface area contributed by atoms with Gasteiger partial charge in [0.25, 0.3) is 0 Å². The lowest BCUT2D eigenvalue weighted by Crippen LogP contribution is -2.59. The van der Waals surface area contributed by atoms with Crippen molar-refractivity contribution in [3.05, 3.63) is 117 Å². The van der Waals surface area contributed by atoms with E-state index in [-0.39, 0.29) is 73.4 Å². The highest BCUT2D eigenvalue weighted by atomic mass is 35.5. The number of primary amides is 1. The van der Waals surface area contributed by atoms with Crippen molar-refractivity contribution < 1.29 is 106 Å². The van der Waals surface area contributed by atoms with Crippen LogP contribution in [0, 0.1) is 5.92 Å². The van der Waals surface area contributed by atoms with Crippen LogP contribution in [0.3, 0.4) is 0 Å². The van der Waals surface area contributed by atoms with Crippen molar-refractivity contribution in [3.8, 4) is 57.1 Å². The molecule has 16 N–H and O–H groups in total. The van der Waals surface area contributed by atoms with E-state index >= 15 is 9.59 Å². The van der Waals surface area contributed by atoms with Gasteiger partial charge in [-0.3, -0.25) is 33.6 Å². The summed E-state index contributed by atoms with van der Waals surface area (Å²) in [5, 5.41) is 91.9. The molecule has 5 aliphatic rings. The van der Waals surface area contributed by atoms with Crippen molar-refractivity contribution in [2.24, 2.45) is 11.7 Å². The fraction of sp³-hybridized carbons (Fsp3) is 0.304. The topological polar surface area (TPSA) is 433 Å². The third kappa shape index (κ3) is 14.8. The Balaban J connectivity index is 0.00000149. The monoisotopic (exact) mass is 1270 g/mol. The van der Waals surface area contributed by atoms with Crippen molar-refractivity contribution in [2.45, 2.75) is 87.4 Å². The third-order valence-corrected chi connectivity index (χ3v) is 14.3. The maximum atomic E-state index is 15.5. The standard InChI is InChI=1S/C54H54Cl2N8O17.C2HF3O2/c1-20(2)11-30(58-3)48(71)63-43-45(69)22-6-9-34(28(55)13-22)80-36-15-24-16-37(47(36)79-4)81-35-10-7-23(14-29(35)56)46(70)44-53(76)62-42(54(77)78)27-17-25(65)18-33(67)39(27)26-12-21(5-8-32(26)66)40(50(73)64-44)61-51(74)41(24)60-49(72)31(19-38(57)68)59-52(43)75;3-2(4,5)1(6)7/h5-10,12-18,20,30-31,40-46,58,65-67,69-70H,11,19H2,1-4H3,(H2,57,68)(H,59,75)(H,60,72)(H,61,74)(H,62,76)(H,63,71)(H,64,73)(H,77,78);(H,6,7)/t30-,31+,40-,41-,42+,43-,44+,45-,46-;/m1./s1. The summed E-state index contributed by atoms with van der Waals surface area (Å²) < 4.78 is 50.2. The summed E-state index contributed by atoms with van der Waals surface area (Å²) in [5.74, 6) is -16.2. The molecule has 5 aromatic rings. The van der Waals surface area contributed by atoms with E-state index in [9.17, 15) is 72.6 Å². The van der Waals surface area contributed by atoms with Crippen LogP contribution in [-0.4, -0.2) is 134 Å². The zero-order valence-corrected chi connectivity index (χ0v) is 47.7. The van der Waals surface area contributed by atoms with Gasteiger partial charge in [-0.05, 0) is 96.2 Å². The number of fused-ring (bicyclic) bond motifs is 15. The highest BCUT2D eigenvalue weighted by Crippen LogP contribution is 2.48. The average molecular weight is 1270 g/mol. The number of likely N-dealkylation sites (N-methyl/N-ethyl adjacent to an activating group) is 1. The molecule has 0 aliphatic carbocycles. The van der Waals surface area contributed by atoms with E-state index in [4.69, 9.17) is 53.0 Å². The molecule has 5 aromatic carbocycles. The number of aliphatic hydroxyl groups is 2. The number of rotatable bonds is 9. The van der Waals surface area contributed by atoms with Gasteiger partial charge >= 0.3 is 18.1 Å². The fourth-order valence-electron chi connectivity index (χ4n) is 9.53. The number of alkyl halides is 3. The van der Waals surface area contributed by atoms with E-state index in [1.165, 1.54) is 56.6 Å². The van der Waals surface area contributed by atoms with Crippen molar-refractivity contribution >= 4 is 76.5 Å². The minimum absolute atomic E-state index is 0.0265. The number of hydrogen-bond donors (Lipinski definition) is 15. The summed E-state index contributed by atoms with van der Waals surface area (Å²) >= 11 is 13.7. The third-order valence-electron chi connectivity index (χ3n) is 13.8. The van der Waals surface area contributed by atoms with Gasteiger partial charge in [-0.1, -0.05) is 55.2 Å². The van der Waals surface area contributed by atoms with Crippen LogP contribution < -0.4 is 57.2 Å². The van der Waals surface area contributed by atoms with Crippen LogP contribution in [-0.2, 0) is 43.2 Å². The lowest BCUT2D eigenvalue weighted by Gasteiger charge is -2.31. The van der Waals surface area contributed by atoms with Crippen molar-refractivity contribution in [1.29, 1.82) is 0 Å². The average Bonchev–Trinajstić information content (AvgIpc) is 1.78. The van der Waals surface area contributed by atoms with E-state index in [2.05, 4.69) is 37.2 Å². The second kappa shape index (κ2) is 27.0. The fourth-order valence-corrected chi connectivity index (χ4v) is 9.99. The van der Waals surface area contributed by atoms with Crippen LogP contribution in [0.15, 0.2) is 78.9 Å². The summed E-state index contributed by atoms with van der Waals surface area (Å²) in [6.45, 7) is 3.70. The Kier molecular flexibility index (Phi) is 20.2. The number of hydrogen-bond acceptors (Lipinski definition) is 18. The number of methoxy groups -OCH3 is 1. The van der Waals surface area contributed by atoms with Crippen LogP contribution in [0.5, 0.6) is 46.0 Å². The molecule has 10 rings (SSSR count). The van der Waals surface area contributed by atoms with Crippen LogP contribution in [0.4, 0.5) is 13.2 Å². The lowest BCUT2D eigenvalue weighted by molar-refractivity contribution is -0.192. The van der Waals surface area contributed by atoms with Crippen LogP contribution in [0.2, 0.25) is 10.0 Å². The molecule has 0 saturated carbocycles. The van der Waals surface area contributed by atoms with E-state index in [1.54, 1.807) is 0 Å². The predicted molar refractivity (Wildman–Crippen MR) is 299 cm³/mol. The Labute approximate surface area is 505 Å². The first-order valence-electron chi connectivity index (χ1n) is 26.0. The number of carbonyl (C=O) groups excluding carboxylic acids is 7. The van der Waals surface area contributed by atoms with E-state index in [0.29, 0.717) is 0 Å². The number of nitrogens with one attached hydrogen (secondary N) is 7. The summed E-state index contributed by atoms with van der Waals surface area (Å²) in [5.41, 5.74) is 3.56. The number of aliphatic carboxylic acids is 2. The summed E-state index contributed by atoms with van der Waals surface area (Å²) in [7, 11) is 2.73. The van der Waals surface area contributed by atoms with E-state index in [1.807, 2.05) is 13.8 Å². The molecule has 5 heterocycles. The Hall–Kier alpha value is -9.62. The number of carbonyl (C=O) groups is 9. The molecular formula is C56H55Cl2F3N8O19. The van der Waals surface area contributed by atoms with Crippen molar-refractivity contribution in [3.63, 3.8) is 0 Å². The molecule has 0 unspecified atom stereocenters. The number of benzene rings is 5. The zero-order chi connectivity index (χ0) is 65.0. The van der Waals surface area contributed by atoms with E-state index < -0.39 is 154 Å². The second-order valence-electron chi connectivity index (χ2n) is 20.4. The molecule has 0 saturated heterocycles. The van der Waals surface area contributed by atoms with Gasteiger partial charge in [-0.25, -0.2) is 9.59 Å². The Bertz CT molecular complexity index is 3630. The Morgan fingerprint density at radius 1 is 0.682 bits per heavy atom. The minimum Gasteiger partial charge on any atom is -0.508 e. The van der Waals surface area contributed by atoms with Gasteiger partial charge in [0.05, 0.1) is 29.6 Å². The number of phenols is 3. The number of amides is 7. The number of aromatic hydroxyl groups is 3. The maximum Gasteiger partial charge on any atom is 0.490 e. The SMILES string of the molecule is CN[C@H](CC(C)C)C(=O)N[C@H]1C(=O)N[C@@H](CC(N)=O)C(=O)N[C@H]2C(=O)N[C@H]3C(=O)N[C@H](C(=O)N[C@H](C(=O)O)c4cc(O)cc(O)c4-c4cc3ccc4O)[C@H](O)c3ccc(c(Cl)c3)Oc3cc2cc(c3OC)Oc2ccc(cc2Cl)[C@H]1O.O=C(O)C(F)(F)F. The number of halogens is 5. The van der Waals surface area contributed by atoms with Crippen LogP contribution in [0.25, 0.3) is 11.1 Å². The molecule has 9 atom stereocenters. The molecule has 27 nitrogen and oxygen atoms in total. The van der Waals surface area contributed by atoms with Gasteiger partial charge < -0.3 is 92.9 Å². The van der Waals surface area contributed by atoms with Crippen molar-refractivity contribution in [2.75, 3.05) is 14.2 Å². The lowest BCUT2D eigenvalue weighted by atomic mass is 9.89. The molecule has 468 valence electrons. The number of phenolic OH excluding ortho intramolecular Hbond substituents is 3. The molecule has 88 heavy (non-hydrogen) atoms. The normalized spacial score (nSPS) is 21.4. The van der Waals surface area contributed by atoms with Gasteiger partial charge in [0.15, 0.2) is 17.5 Å². The van der Waals surface area contributed by atoms with Gasteiger partial charge in [-0.2, -0.15) is 13.2 Å². The van der Waals surface area contributed by atoms with Gasteiger partial charge in [-0.15, -0.1) is 0 Å². The summed E-state index contributed by atoms with van der Waals surface area (Å²) in [6, 6.07) is 1.48. The largest absolute Gasteiger partial charge is 0.508 e. The summed E-state index contributed by atoms with van der Waals surface area (Å²) in [6.07, 6.45) is -9.77. The molecule has 0 aromatic heterocycles. The number of ether oxygens (including phenoxy) is 3. The number of carboxylic acids is 2. The molecule has 0 spiro atoms. The Morgan fingerprint density at radius 3 is 1.75 bits per heavy atom. The molecule has 7 amide bonds. The highest BCUT2D eigenvalue weighted by molar-refractivity contribution is 6.32. The van der Waals surface area contributed by atoms with Gasteiger partial charge in [0, 0.05) is 22.8 Å². The smallest absolute Gasteiger partial charge is 0.490 e. The quantitative estimate of drug-likeness (QED) is 0.101. The predicted octanol–water partition coefficient (Wildman–Crippen LogP) is 3.33. The van der Waals surface area contributed by atoms with E-state index in [0.717, 1.165) is 36.4 Å². The van der Waals surface area contributed by atoms with Crippen LogP contribution >= 0.6 is 23.2 Å². The summed E-state index contributed by atoms with van der Waals surface area (Å²) in [4.78, 5) is 123. The maximum absolute atomic E-state index is 15.5. The molecule has 5 aliphatic heterocycles. The van der Waals surface area contributed by atoms with Gasteiger partial charge in [0.1, 0.15) is 71.2 Å². The minimum atomic E-state index is -5.08. The first-order chi connectivity index (χ1) is 41.3.